The van der Waals surface area contributed by atoms with E-state index in [0.717, 1.165) is 16.9 Å². The van der Waals surface area contributed by atoms with Crippen LogP contribution in [0.15, 0.2) is 35.4 Å². The highest BCUT2D eigenvalue weighted by molar-refractivity contribution is 5.79. The van der Waals surface area contributed by atoms with Gasteiger partial charge in [0.2, 0.25) is 6.79 Å². The number of fused-ring (bicyclic) bond motifs is 1. The number of esters is 1. The molecule has 1 heterocycles. The Morgan fingerprint density at radius 2 is 2.00 bits per heavy atom. The van der Waals surface area contributed by atoms with Crippen LogP contribution >= 0.6 is 0 Å². The second kappa shape index (κ2) is 7.15. The molecule has 0 aromatic heterocycles. The van der Waals surface area contributed by atoms with Gasteiger partial charge in [-0.1, -0.05) is 37.5 Å². The predicted octanol–water partition coefficient (Wildman–Crippen LogP) is 4.60. The average Bonchev–Trinajstić information content (AvgIpc) is 2.97. The first kappa shape index (κ1) is 19.1. The maximum absolute atomic E-state index is 12.6. The zero-order chi connectivity index (χ0) is 19.8. The fourth-order valence-corrected chi connectivity index (χ4v) is 3.59. The largest absolute Gasteiger partial charge is 0.460 e. The van der Waals surface area contributed by atoms with Gasteiger partial charge >= 0.3 is 5.97 Å². The van der Waals surface area contributed by atoms with E-state index in [9.17, 15) is 4.79 Å². The van der Waals surface area contributed by atoms with Crippen molar-refractivity contribution in [2.75, 3.05) is 13.4 Å². The van der Waals surface area contributed by atoms with Crippen LogP contribution in [0.4, 0.5) is 0 Å². The quantitative estimate of drug-likeness (QED) is 0.434. The summed E-state index contributed by atoms with van der Waals surface area (Å²) in [6, 6.07) is 5.68. The monoisotopic (exact) mass is 366 g/mol. The van der Waals surface area contributed by atoms with Crippen LogP contribution in [0.3, 0.4) is 0 Å². The highest BCUT2D eigenvalue weighted by Crippen LogP contribution is 2.59. The van der Waals surface area contributed by atoms with Crippen molar-refractivity contribution < 1.29 is 19.0 Å². The van der Waals surface area contributed by atoms with Crippen LogP contribution in [0.25, 0.3) is 5.57 Å². The number of terminal acetylenes is 1. The van der Waals surface area contributed by atoms with Crippen LogP contribution in [-0.4, -0.2) is 19.4 Å². The fourth-order valence-electron chi connectivity index (χ4n) is 3.59. The van der Waals surface area contributed by atoms with E-state index < -0.39 is 0 Å². The van der Waals surface area contributed by atoms with Gasteiger partial charge in [-0.2, -0.15) is 0 Å². The van der Waals surface area contributed by atoms with Crippen molar-refractivity contribution in [3.8, 4) is 23.8 Å². The summed E-state index contributed by atoms with van der Waals surface area (Å²) in [4.78, 5) is 12.6. The summed E-state index contributed by atoms with van der Waals surface area (Å²) in [5.74, 6) is 4.01. The Morgan fingerprint density at radius 1 is 1.30 bits per heavy atom. The van der Waals surface area contributed by atoms with Crippen LogP contribution in [0.1, 0.15) is 40.2 Å². The molecule has 1 aromatic carbocycles. The van der Waals surface area contributed by atoms with E-state index in [1.807, 2.05) is 39.0 Å². The number of rotatable bonds is 5. The minimum atomic E-state index is -0.186. The molecule has 142 valence electrons. The molecule has 2 atom stereocenters. The first-order valence-electron chi connectivity index (χ1n) is 9.13. The molecule has 0 radical (unpaired) electrons. The molecule has 1 saturated carbocycles. The lowest BCUT2D eigenvalue weighted by molar-refractivity contribution is -0.145. The maximum atomic E-state index is 12.6. The van der Waals surface area contributed by atoms with Gasteiger partial charge < -0.3 is 14.2 Å². The van der Waals surface area contributed by atoms with Crippen LogP contribution in [0.5, 0.6) is 11.5 Å². The van der Waals surface area contributed by atoms with E-state index in [2.05, 4.69) is 25.8 Å². The van der Waals surface area contributed by atoms with Gasteiger partial charge in [0.1, 0.15) is 6.61 Å². The number of carbonyl (C=O) groups is 1. The molecule has 0 spiro atoms. The minimum Gasteiger partial charge on any atom is -0.460 e. The van der Waals surface area contributed by atoms with E-state index >= 15 is 0 Å². The molecule has 4 heteroatoms. The summed E-state index contributed by atoms with van der Waals surface area (Å²) in [5.41, 5.74) is 3.61. The molecule has 1 aliphatic carbocycles. The third-order valence-electron chi connectivity index (χ3n) is 5.47. The van der Waals surface area contributed by atoms with E-state index in [-0.39, 0.29) is 36.6 Å². The molecule has 0 amide bonds. The third-order valence-corrected chi connectivity index (χ3v) is 5.47. The minimum absolute atomic E-state index is 0.0687. The van der Waals surface area contributed by atoms with Crippen molar-refractivity contribution in [1.82, 2.24) is 0 Å². The van der Waals surface area contributed by atoms with Crippen molar-refractivity contribution in [3.05, 3.63) is 41.0 Å². The van der Waals surface area contributed by atoms with E-state index in [0.29, 0.717) is 11.3 Å². The van der Waals surface area contributed by atoms with Gasteiger partial charge in [0.15, 0.2) is 11.5 Å². The Labute approximate surface area is 161 Å². The van der Waals surface area contributed by atoms with E-state index in [4.69, 9.17) is 20.6 Å². The van der Waals surface area contributed by atoms with E-state index in [1.165, 1.54) is 5.57 Å². The molecule has 1 aromatic rings. The molecule has 3 rings (SSSR count). The number of carbonyl (C=O) groups excluding carboxylic acids is 1. The van der Waals surface area contributed by atoms with Crippen molar-refractivity contribution in [1.29, 1.82) is 0 Å². The summed E-state index contributed by atoms with van der Waals surface area (Å²) in [6.45, 7) is 10.5. The van der Waals surface area contributed by atoms with Gasteiger partial charge in [-0.15, -0.1) is 6.42 Å². The lowest BCUT2D eigenvalue weighted by Crippen LogP contribution is -2.13. The van der Waals surface area contributed by atoms with Crippen molar-refractivity contribution >= 4 is 11.5 Å². The molecule has 1 aliphatic heterocycles. The van der Waals surface area contributed by atoms with Gasteiger partial charge in [-0.05, 0) is 55.4 Å². The lowest BCUT2D eigenvalue weighted by Gasteiger charge is -2.10. The Balaban J connectivity index is 1.70. The molecular weight excluding hydrogens is 340 g/mol. The number of ether oxygens (including phenoxy) is 3. The summed E-state index contributed by atoms with van der Waals surface area (Å²) in [6.07, 6.45) is 7.84. The smallest absolute Gasteiger partial charge is 0.310 e. The zero-order valence-electron chi connectivity index (χ0n) is 16.6. The summed E-state index contributed by atoms with van der Waals surface area (Å²) < 4.78 is 16.3. The normalized spacial score (nSPS) is 22.4. The van der Waals surface area contributed by atoms with Crippen molar-refractivity contribution in [2.24, 2.45) is 17.3 Å². The molecule has 27 heavy (non-hydrogen) atoms. The molecule has 0 saturated heterocycles. The molecule has 4 nitrogen and oxygen atoms in total. The van der Waals surface area contributed by atoms with Crippen molar-refractivity contribution in [2.45, 2.75) is 34.6 Å². The van der Waals surface area contributed by atoms with Crippen LogP contribution in [0.2, 0.25) is 0 Å². The Morgan fingerprint density at radius 3 is 2.67 bits per heavy atom. The maximum Gasteiger partial charge on any atom is 0.310 e. The third kappa shape index (κ3) is 3.73. The molecule has 2 unspecified atom stereocenters. The van der Waals surface area contributed by atoms with Gasteiger partial charge in [-0.3, -0.25) is 4.79 Å². The molecule has 0 N–H and O–H groups in total. The Bertz CT molecular complexity index is 863. The second-order valence-electron chi connectivity index (χ2n) is 7.99. The molecule has 1 fully saturated rings. The predicted molar refractivity (Wildman–Crippen MR) is 105 cm³/mol. The topological polar surface area (TPSA) is 44.8 Å². The zero-order valence-corrected chi connectivity index (χ0v) is 16.6. The fraction of sp³-hybridized carbons (Fsp3) is 0.435. The van der Waals surface area contributed by atoms with Gasteiger partial charge in [-0.25, -0.2) is 0 Å². The average molecular weight is 366 g/mol. The number of hydrogen-bond acceptors (Lipinski definition) is 4. The number of benzene rings is 1. The van der Waals surface area contributed by atoms with Crippen molar-refractivity contribution in [3.63, 3.8) is 0 Å². The van der Waals surface area contributed by atoms with Gasteiger partial charge in [0.05, 0.1) is 5.92 Å². The molecular formula is C23H26O4. The summed E-state index contributed by atoms with van der Waals surface area (Å²) in [5, 5.41) is 0. The Kier molecular flexibility index (Phi) is 5.06. The van der Waals surface area contributed by atoms with Crippen LogP contribution in [-0.2, 0) is 9.53 Å². The van der Waals surface area contributed by atoms with Gasteiger partial charge in [0.25, 0.3) is 0 Å². The van der Waals surface area contributed by atoms with E-state index in [1.54, 1.807) is 0 Å². The Hall–Kier alpha value is -2.67. The molecule has 2 aliphatic rings. The standard InChI is InChI=1S/C23H26O4/c1-7-16(15(4)17-8-9-19-20(11-17)27-13-26-19)12-25-22(24)21-18(10-14(2)3)23(21,5)6/h1,8-11,18,21H,12-13H2,2-6H3. The van der Waals surface area contributed by atoms with Gasteiger partial charge in [0, 0.05) is 5.57 Å². The highest BCUT2D eigenvalue weighted by atomic mass is 16.7. The summed E-state index contributed by atoms with van der Waals surface area (Å²) >= 11 is 0. The number of allylic oxidation sites excluding steroid dienone is 3. The van der Waals surface area contributed by atoms with Crippen LogP contribution < -0.4 is 9.47 Å². The first-order valence-corrected chi connectivity index (χ1v) is 9.13. The number of hydrogen-bond donors (Lipinski definition) is 0. The lowest BCUT2D eigenvalue weighted by atomic mass is 10.0. The van der Waals surface area contributed by atoms with Crippen LogP contribution in [0, 0.1) is 29.6 Å². The second-order valence-corrected chi connectivity index (χ2v) is 7.99. The summed E-state index contributed by atoms with van der Waals surface area (Å²) in [7, 11) is 0. The highest BCUT2D eigenvalue weighted by Gasteiger charge is 2.61. The first-order chi connectivity index (χ1) is 12.8. The SMILES string of the molecule is C#CC(COC(=O)C1C(C=C(C)C)C1(C)C)=C(C)c1ccc2c(c1)OCO2. The molecule has 0 bridgehead atoms.